The first-order chi connectivity index (χ1) is 11.1. The Labute approximate surface area is 137 Å². The summed E-state index contributed by atoms with van der Waals surface area (Å²) in [5.74, 6) is 0.768. The third kappa shape index (κ3) is 4.68. The molecule has 4 heteroatoms. The summed E-state index contributed by atoms with van der Waals surface area (Å²) in [6.07, 6.45) is 5.06. The zero-order valence-electron chi connectivity index (χ0n) is 13.7. The highest BCUT2D eigenvalue weighted by Gasteiger charge is 2.15. The normalized spacial score (nSPS) is 10.2. The van der Waals surface area contributed by atoms with Crippen molar-refractivity contribution in [1.29, 1.82) is 0 Å². The number of hydrogen-bond acceptors (Lipinski definition) is 3. The molecular formula is C19H22N2O2. The molecule has 4 nitrogen and oxygen atoms in total. The highest BCUT2D eigenvalue weighted by molar-refractivity contribution is 5.94. The van der Waals surface area contributed by atoms with E-state index in [0.29, 0.717) is 25.3 Å². The van der Waals surface area contributed by atoms with Crippen molar-refractivity contribution in [3.63, 3.8) is 0 Å². The lowest BCUT2D eigenvalue weighted by atomic mass is 10.1. The van der Waals surface area contributed by atoms with Crippen molar-refractivity contribution in [3.05, 3.63) is 72.1 Å². The van der Waals surface area contributed by atoms with Crippen LogP contribution >= 0.6 is 0 Å². The number of hydrogen-bond donors (Lipinski definition) is 0. The molecule has 2 aromatic rings. The molecular weight excluding hydrogens is 288 g/mol. The van der Waals surface area contributed by atoms with Crippen molar-refractivity contribution in [3.8, 4) is 5.75 Å². The van der Waals surface area contributed by atoms with Gasteiger partial charge in [-0.2, -0.15) is 0 Å². The van der Waals surface area contributed by atoms with E-state index in [1.54, 1.807) is 23.4 Å². The summed E-state index contributed by atoms with van der Waals surface area (Å²) < 4.78 is 5.54. The summed E-state index contributed by atoms with van der Waals surface area (Å²) in [5, 5.41) is 0. The molecule has 0 aliphatic rings. The van der Waals surface area contributed by atoms with Crippen LogP contribution in [0, 0.1) is 6.92 Å². The van der Waals surface area contributed by atoms with Crippen LogP contribution in [0.2, 0.25) is 0 Å². The largest absolute Gasteiger partial charge is 0.490 e. The molecule has 0 aliphatic heterocycles. The number of nitrogens with zero attached hydrogens (tertiary/aromatic N) is 2. The van der Waals surface area contributed by atoms with Crippen molar-refractivity contribution < 1.29 is 9.53 Å². The summed E-state index contributed by atoms with van der Waals surface area (Å²) in [7, 11) is 0. The van der Waals surface area contributed by atoms with Crippen LogP contribution in [0.5, 0.6) is 5.75 Å². The van der Waals surface area contributed by atoms with Gasteiger partial charge in [-0.15, -0.1) is 0 Å². The van der Waals surface area contributed by atoms with Crippen LogP contribution in [0.4, 0.5) is 0 Å². The summed E-state index contributed by atoms with van der Waals surface area (Å²) in [4.78, 5) is 18.5. The van der Waals surface area contributed by atoms with E-state index in [-0.39, 0.29) is 5.91 Å². The van der Waals surface area contributed by atoms with Gasteiger partial charge in [-0.05, 0) is 43.2 Å². The third-order valence-corrected chi connectivity index (χ3v) is 3.43. The number of rotatable bonds is 7. The van der Waals surface area contributed by atoms with Crippen molar-refractivity contribution in [2.24, 2.45) is 0 Å². The molecule has 1 amide bonds. The fourth-order valence-electron chi connectivity index (χ4n) is 2.29. The van der Waals surface area contributed by atoms with Gasteiger partial charge in [0, 0.05) is 25.5 Å². The van der Waals surface area contributed by atoms with Gasteiger partial charge >= 0.3 is 0 Å². The SMILES string of the molecule is C=CCOc1cccc(CN(CC)C(=O)c2cncc(C)c2)c1. The van der Waals surface area contributed by atoms with Crippen molar-refractivity contribution in [2.45, 2.75) is 20.4 Å². The van der Waals surface area contributed by atoms with Gasteiger partial charge in [0.1, 0.15) is 12.4 Å². The van der Waals surface area contributed by atoms with Crippen LogP contribution in [0.1, 0.15) is 28.4 Å². The fraction of sp³-hybridized carbons (Fsp3) is 0.263. The second-order valence-corrected chi connectivity index (χ2v) is 5.32. The predicted octanol–water partition coefficient (Wildman–Crippen LogP) is 3.62. The molecule has 2 rings (SSSR count). The summed E-state index contributed by atoms with van der Waals surface area (Å²) in [6, 6.07) is 9.64. The molecule has 0 saturated heterocycles. The van der Waals surface area contributed by atoms with E-state index in [0.717, 1.165) is 16.9 Å². The molecule has 0 N–H and O–H groups in total. The Hall–Kier alpha value is -2.62. The summed E-state index contributed by atoms with van der Waals surface area (Å²) >= 11 is 0. The molecule has 1 aromatic carbocycles. The monoisotopic (exact) mass is 310 g/mol. The maximum atomic E-state index is 12.6. The van der Waals surface area contributed by atoms with Crippen LogP contribution in [0.15, 0.2) is 55.4 Å². The lowest BCUT2D eigenvalue weighted by molar-refractivity contribution is 0.0752. The number of carbonyl (C=O) groups excluding carboxylic acids is 1. The number of carbonyl (C=O) groups is 1. The number of amides is 1. The maximum absolute atomic E-state index is 12.6. The van der Waals surface area contributed by atoms with Gasteiger partial charge in [-0.25, -0.2) is 0 Å². The molecule has 0 saturated carbocycles. The number of aryl methyl sites for hydroxylation is 1. The minimum Gasteiger partial charge on any atom is -0.490 e. The topological polar surface area (TPSA) is 42.4 Å². The van der Waals surface area contributed by atoms with Crippen LogP contribution < -0.4 is 4.74 Å². The Morgan fingerprint density at radius 3 is 2.87 bits per heavy atom. The third-order valence-electron chi connectivity index (χ3n) is 3.43. The van der Waals surface area contributed by atoms with Crippen molar-refractivity contribution in [2.75, 3.05) is 13.2 Å². The van der Waals surface area contributed by atoms with Gasteiger partial charge in [0.15, 0.2) is 0 Å². The van der Waals surface area contributed by atoms with Crippen LogP contribution in [0.3, 0.4) is 0 Å². The molecule has 120 valence electrons. The molecule has 0 spiro atoms. The highest BCUT2D eigenvalue weighted by atomic mass is 16.5. The van der Waals surface area contributed by atoms with Crippen LogP contribution in [0.25, 0.3) is 0 Å². The standard InChI is InChI=1S/C19H22N2O2/c1-4-9-23-18-8-6-7-16(11-18)14-21(5-2)19(22)17-10-15(3)12-20-13-17/h4,6-8,10-13H,1,5,9,14H2,2-3H3. The Balaban J connectivity index is 2.12. The Morgan fingerprint density at radius 1 is 1.35 bits per heavy atom. The second kappa shape index (κ2) is 8.13. The van der Waals surface area contributed by atoms with Crippen molar-refractivity contribution >= 4 is 5.91 Å². The number of aromatic nitrogens is 1. The Morgan fingerprint density at radius 2 is 2.17 bits per heavy atom. The van der Waals surface area contributed by atoms with Gasteiger partial charge in [0.05, 0.1) is 5.56 Å². The predicted molar refractivity (Wildman–Crippen MR) is 91.5 cm³/mol. The molecule has 1 aromatic heterocycles. The zero-order chi connectivity index (χ0) is 16.7. The Bertz CT molecular complexity index is 683. The van der Waals surface area contributed by atoms with E-state index < -0.39 is 0 Å². The van der Waals surface area contributed by atoms with E-state index >= 15 is 0 Å². The smallest absolute Gasteiger partial charge is 0.255 e. The zero-order valence-corrected chi connectivity index (χ0v) is 13.7. The highest BCUT2D eigenvalue weighted by Crippen LogP contribution is 2.16. The molecule has 0 aliphatic carbocycles. The van der Waals surface area contributed by atoms with E-state index in [2.05, 4.69) is 11.6 Å². The first-order valence-electron chi connectivity index (χ1n) is 7.67. The van der Waals surface area contributed by atoms with Gasteiger partial charge in [-0.3, -0.25) is 9.78 Å². The lowest BCUT2D eigenvalue weighted by Gasteiger charge is -2.21. The van der Waals surface area contributed by atoms with Gasteiger partial charge in [-0.1, -0.05) is 24.8 Å². The van der Waals surface area contributed by atoms with E-state index in [4.69, 9.17) is 4.74 Å². The molecule has 0 bridgehead atoms. The van der Waals surface area contributed by atoms with Crippen molar-refractivity contribution in [1.82, 2.24) is 9.88 Å². The van der Waals surface area contributed by atoms with Gasteiger partial charge < -0.3 is 9.64 Å². The Kier molecular flexibility index (Phi) is 5.92. The number of ether oxygens (including phenoxy) is 1. The molecule has 0 atom stereocenters. The molecule has 0 unspecified atom stereocenters. The minimum atomic E-state index is -0.0129. The maximum Gasteiger partial charge on any atom is 0.255 e. The van der Waals surface area contributed by atoms with E-state index in [9.17, 15) is 4.79 Å². The first-order valence-corrected chi connectivity index (χ1v) is 7.67. The minimum absolute atomic E-state index is 0.0129. The lowest BCUT2D eigenvalue weighted by Crippen LogP contribution is -2.30. The van der Waals surface area contributed by atoms with Gasteiger partial charge in [0.25, 0.3) is 5.91 Å². The molecule has 0 fully saturated rings. The average Bonchev–Trinajstić information content (AvgIpc) is 2.57. The van der Waals surface area contributed by atoms with E-state index in [1.807, 2.05) is 44.2 Å². The summed E-state index contributed by atoms with van der Waals surface area (Å²) in [6.45, 7) is 9.18. The first kappa shape index (κ1) is 16.7. The quantitative estimate of drug-likeness (QED) is 0.734. The molecule has 23 heavy (non-hydrogen) atoms. The summed E-state index contributed by atoms with van der Waals surface area (Å²) in [5.41, 5.74) is 2.63. The van der Waals surface area contributed by atoms with Crippen LogP contribution in [-0.2, 0) is 6.54 Å². The van der Waals surface area contributed by atoms with Crippen LogP contribution in [-0.4, -0.2) is 28.9 Å². The average molecular weight is 310 g/mol. The second-order valence-electron chi connectivity index (χ2n) is 5.32. The molecule has 0 radical (unpaired) electrons. The molecule has 1 heterocycles. The fourth-order valence-corrected chi connectivity index (χ4v) is 2.29. The number of pyridine rings is 1. The van der Waals surface area contributed by atoms with E-state index in [1.165, 1.54) is 0 Å². The number of benzene rings is 1. The van der Waals surface area contributed by atoms with Gasteiger partial charge in [0.2, 0.25) is 0 Å².